The molecule has 0 radical (unpaired) electrons. The third kappa shape index (κ3) is 4.97. The van der Waals surface area contributed by atoms with Gasteiger partial charge < -0.3 is 15.2 Å². The van der Waals surface area contributed by atoms with Gasteiger partial charge in [0.25, 0.3) is 11.2 Å². The number of nitro benzene ring substituents is 1. The molecule has 0 aliphatic carbocycles. The summed E-state index contributed by atoms with van der Waals surface area (Å²) in [4.78, 5) is 52.6. The van der Waals surface area contributed by atoms with Crippen LogP contribution in [0.15, 0.2) is 40.1 Å². The number of carbonyl (C=O) groups excluding carboxylic acids is 1. The lowest BCUT2D eigenvalue weighted by molar-refractivity contribution is -0.384. The third-order valence-corrected chi connectivity index (χ3v) is 5.15. The summed E-state index contributed by atoms with van der Waals surface area (Å²) in [5, 5.41) is 11.7. The van der Waals surface area contributed by atoms with E-state index in [0.717, 1.165) is 0 Å². The van der Waals surface area contributed by atoms with Crippen LogP contribution >= 0.6 is 0 Å². The quantitative estimate of drug-likeness (QED) is 0.392. The number of aromatic nitrogens is 3. The summed E-state index contributed by atoms with van der Waals surface area (Å²) in [5.74, 6) is -0.346. The smallest absolute Gasteiger partial charge is 0.330 e. The second-order valence-corrected chi connectivity index (χ2v) is 8.84. The minimum atomic E-state index is -0.723. The Morgan fingerprint density at radius 2 is 1.88 bits per heavy atom. The van der Waals surface area contributed by atoms with Crippen LogP contribution in [0.5, 0.6) is 0 Å². The van der Waals surface area contributed by atoms with E-state index in [1.165, 1.54) is 21.6 Å². The van der Waals surface area contributed by atoms with Crippen molar-refractivity contribution in [1.29, 1.82) is 0 Å². The van der Waals surface area contributed by atoms with E-state index in [2.05, 4.69) is 4.98 Å². The molecule has 0 aliphatic heterocycles. The number of amides is 1. The molecule has 1 amide bonds. The number of nitrogens with two attached hydrogens (primary N) is 1. The molecule has 3 rings (SSSR count). The predicted molar refractivity (Wildman–Crippen MR) is 126 cm³/mol. The van der Waals surface area contributed by atoms with Gasteiger partial charge >= 0.3 is 5.69 Å². The molecule has 11 nitrogen and oxygen atoms in total. The average Bonchev–Trinajstić information content (AvgIpc) is 3.11. The van der Waals surface area contributed by atoms with Crippen LogP contribution in [0.3, 0.4) is 0 Å². The Balaban J connectivity index is 2.03. The highest BCUT2D eigenvalue weighted by atomic mass is 16.6. The lowest BCUT2D eigenvalue weighted by Gasteiger charge is -2.26. The molecule has 0 saturated heterocycles. The molecule has 2 aromatic heterocycles. The fourth-order valence-corrected chi connectivity index (χ4v) is 3.74. The Labute approximate surface area is 189 Å². The first-order valence-electron chi connectivity index (χ1n) is 10.7. The van der Waals surface area contributed by atoms with E-state index >= 15 is 0 Å². The van der Waals surface area contributed by atoms with Crippen LogP contribution in [-0.2, 0) is 17.9 Å². The number of carbonyl (C=O) groups is 1. The molecule has 0 aliphatic rings. The number of nitro groups is 1. The van der Waals surface area contributed by atoms with Crippen LogP contribution in [0.1, 0.15) is 27.7 Å². The van der Waals surface area contributed by atoms with E-state index in [-0.39, 0.29) is 42.1 Å². The molecular formula is C22H28N6O5. The number of rotatable bonds is 8. The molecule has 0 fully saturated rings. The Hall–Kier alpha value is -3.89. The summed E-state index contributed by atoms with van der Waals surface area (Å²) in [6.07, 6.45) is 1.66. The molecule has 11 heteroatoms. The molecule has 1 aromatic carbocycles. The molecule has 3 N–H and O–H groups in total. The zero-order valence-electron chi connectivity index (χ0n) is 19.1. The first-order chi connectivity index (χ1) is 15.5. The second-order valence-electron chi connectivity index (χ2n) is 8.84. The monoisotopic (exact) mass is 456 g/mol. The maximum Gasteiger partial charge on any atom is 0.330 e. The van der Waals surface area contributed by atoms with Gasteiger partial charge in [0.2, 0.25) is 5.91 Å². The molecule has 0 spiro atoms. The second kappa shape index (κ2) is 9.31. The van der Waals surface area contributed by atoms with Crippen LogP contribution in [0.2, 0.25) is 0 Å². The standard InChI is InChI=1S/C22H28N6O5/c1-13(2)10-26(19-20(23)27(11-14(3)4)22(31)24-21(19)30)18(29)12-25-8-7-15-9-16(28(32)33)5-6-17(15)25/h5-9,13-14H,10-12,23H2,1-4H3,(H,24,30,31). The molecule has 176 valence electrons. The number of benzene rings is 1. The summed E-state index contributed by atoms with van der Waals surface area (Å²) in [5.41, 5.74) is 5.44. The van der Waals surface area contributed by atoms with Gasteiger partial charge in [0, 0.05) is 42.3 Å². The number of fused-ring (bicyclic) bond motifs is 1. The molecule has 0 saturated carbocycles. The van der Waals surface area contributed by atoms with Gasteiger partial charge in [-0.25, -0.2) is 4.79 Å². The molecule has 0 atom stereocenters. The number of nitrogens with one attached hydrogen (secondary N) is 1. The predicted octanol–water partition coefficient (Wildman–Crippen LogP) is 2.33. The number of nitrogen functional groups attached to an aromatic ring is 1. The lowest BCUT2D eigenvalue weighted by atomic mass is 10.2. The van der Waals surface area contributed by atoms with Gasteiger partial charge in [-0.2, -0.15) is 0 Å². The average molecular weight is 457 g/mol. The van der Waals surface area contributed by atoms with Gasteiger partial charge in [-0.3, -0.25) is 29.3 Å². The highest BCUT2D eigenvalue weighted by Crippen LogP contribution is 2.24. The van der Waals surface area contributed by atoms with Crippen molar-refractivity contribution in [2.75, 3.05) is 17.2 Å². The zero-order chi connectivity index (χ0) is 24.4. The van der Waals surface area contributed by atoms with E-state index in [1.807, 2.05) is 27.7 Å². The Bertz CT molecular complexity index is 1320. The van der Waals surface area contributed by atoms with Gasteiger partial charge in [-0.05, 0) is 24.0 Å². The number of non-ortho nitro benzene ring substituents is 1. The van der Waals surface area contributed by atoms with E-state index in [1.54, 1.807) is 22.9 Å². The summed E-state index contributed by atoms with van der Waals surface area (Å²) in [6.45, 7) is 8.02. The molecule has 33 heavy (non-hydrogen) atoms. The number of H-pyrrole nitrogens is 1. The van der Waals surface area contributed by atoms with E-state index in [9.17, 15) is 24.5 Å². The lowest BCUT2D eigenvalue weighted by Crippen LogP contribution is -2.44. The van der Waals surface area contributed by atoms with E-state index < -0.39 is 22.1 Å². The zero-order valence-corrected chi connectivity index (χ0v) is 19.1. The summed E-state index contributed by atoms with van der Waals surface area (Å²) >= 11 is 0. The first-order valence-corrected chi connectivity index (χ1v) is 10.7. The van der Waals surface area contributed by atoms with Crippen molar-refractivity contribution in [1.82, 2.24) is 14.1 Å². The number of aromatic amines is 1. The molecule has 2 heterocycles. The molecule has 0 bridgehead atoms. The van der Waals surface area contributed by atoms with Crippen molar-refractivity contribution in [3.63, 3.8) is 0 Å². The molecule has 0 unspecified atom stereocenters. The van der Waals surface area contributed by atoms with Crippen molar-refractivity contribution >= 4 is 34.0 Å². The number of nitrogens with zero attached hydrogens (tertiary/aromatic N) is 4. The normalized spacial score (nSPS) is 11.5. The largest absolute Gasteiger partial charge is 0.383 e. The van der Waals surface area contributed by atoms with Gasteiger partial charge in [0.15, 0.2) is 5.69 Å². The maximum atomic E-state index is 13.4. The van der Waals surface area contributed by atoms with Gasteiger partial charge in [-0.1, -0.05) is 27.7 Å². The van der Waals surface area contributed by atoms with Crippen molar-refractivity contribution in [2.45, 2.75) is 40.8 Å². The SMILES string of the molecule is CC(C)CN(C(=O)Cn1ccc2cc([N+](=O)[O-])ccc21)c1c(N)n(CC(C)C)c(=O)[nH]c1=O. The Morgan fingerprint density at radius 3 is 2.48 bits per heavy atom. The van der Waals surface area contributed by atoms with Crippen LogP contribution in [0, 0.1) is 22.0 Å². The summed E-state index contributed by atoms with van der Waals surface area (Å²) < 4.78 is 2.93. The molecular weight excluding hydrogens is 428 g/mol. The minimum Gasteiger partial charge on any atom is -0.383 e. The van der Waals surface area contributed by atoms with Crippen LogP contribution < -0.4 is 21.9 Å². The van der Waals surface area contributed by atoms with Crippen molar-refractivity contribution in [3.05, 3.63) is 61.4 Å². The topological polar surface area (TPSA) is 149 Å². The van der Waals surface area contributed by atoms with Crippen molar-refractivity contribution < 1.29 is 9.72 Å². The summed E-state index contributed by atoms with van der Waals surface area (Å²) in [6, 6.07) is 6.08. The fraction of sp³-hybridized carbons (Fsp3) is 0.409. The number of hydrogen-bond acceptors (Lipinski definition) is 6. The minimum absolute atomic E-state index is 0.0160. The van der Waals surface area contributed by atoms with Crippen LogP contribution in [-0.4, -0.2) is 31.5 Å². The van der Waals surface area contributed by atoms with Gasteiger partial charge in [-0.15, -0.1) is 0 Å². The summed E-state index contributed by atoms with van der Waals surface area (Å²) in [7, 11) is 0. The highest BCUT2D eigenvalue weighted by Gasteiger charge is 2.26. The van der Waals surface area contributed by atoms with Gasteiger partial charge in [0.1, 0.15) is 12.4 Å². The van der Waals surface area contributed by atoms with Crippen LogP contribution in [0.4, 0.5) is 17.2 Å². The van der Waals surface area contributed by atoms with E-state index in [0.29, 0.717) is 17.4 Å². The number of hydrogen-bond donors (Lipinski definition) is 2. The van der Waals surface area contributed by atoms with Crippen LogP contribution in [0.25, 0.3) is 10.9 Å². The van der Waals surface area contributed by atoms with Crippen molar-refractivity contribution in [3.8, 4) is 0 Å². The van der Waals surface area contributed by atoms with Gasteiger partial charge in [0.05, 0.1) is 4.92 Å². The third-order valence-electron chi connectivity index (χ3n) is 5.15. The maximum absolute atomic E-state index is 13.4. The Kier molecular flexibility index (Phi) is 6.70. The van der Waals surface area contributed by atoms with E-state index in [4.69, 9.17) is 5.73 Å². The first kappa shape index (κ1) is 23.8. The number of anilines is 2. The van der Waals surface area contributed by atoms with Crippen molar-refractivity contribution in [2.24, 2.45) is 11.8 Å². The Morgan fingerprint density at radius 1 is 1.18 bits per heavy atom. The molecule has 3 aromatic rings. The highest BCUT2D eigenvalue weighted by molar-refractivity contribution is 5.96. The fourth-order valence-electron chi connectivity index (χ4n) is 3.74.